The number of hydrogen-bond donors (Lipinski definition) is 0. The SMILES string of the molecule is c1cc[c]([Ru]([C]2=NCCO2)[C]2=NCCO2)cc1. The second kappa shape index (κ2) is 4.97. The maximum atomic E-state index is 5.63. The van der Waals surface area contributed by atoms with Crippen molar-refractivity contribution in [1.29, 1.82) is 0 Å². The van der Waals surface area contributed by atoms with E-state index in [1.807, 2.05) is 18.2 Å². The summed E-state index contributed by atoms with van der Waals surface area (Å²) in [5.41, 5.74) is 0. The molecule has 3 rings (SSSR count). The van der Waals surface area contributed by atoms with Gasteiger partial charge < -0.3 is 0 Å². The van der Waals surface area contributed by atoms with Crippen LogP contribution in [0.2, 0.25) is 0 Å². The number of benzene rings is 1. The summed E-state index contributed by atoms with van der Waals surface area (Å²) in [6.45, 7) is 2.92. The van der Waals surface area contributed by atoms with Gasteiger partial charge in [-0.3, -0.25) is 0 Å². The molecule has 0 aromatic heterocycles. The van der Waals surface area contributed by atoms with Crippen molar-refractivity contribution in [2.75, 3.05) is 26.3 Å². The van der Waals surface area contributed by atoms with Crippen LogP contribution in [0, 0.1) is 0 Å². The van der Waals surface area contributed by atoms with Crippen LogP contribution in [0.4, 0.5) is 0 Å². The van der Waals surface area contributed by atoms with E-state index in [2.05, 4.69) is 22.1 Å². The van der Waals surface area contributed by atoms with Gasteiger partial charge in [0.15, 0.2) is 0 Å². The summed E-state index contributed by atoms with van der Waals surface area (Å²) >= 11 is -1.69. The van der Waals surface area contributed by atoms with Gasteiger partial charge in [0.1, 0.15) is 0 Å². The summed E-state index contributed by atoms with van der Waals surface area (Å²) in [7, 11) is 0. The molecule has 4 nitrogen and oxygen atoms in total. The molecule has 17 heavy (non-hydrogen) atoms. The van der Waals surface area contributed by atoms with Gasteiger partial charge in [-0.25, -0.2) is 0 Å². The van der Waals surface area contributed by atoms with Gasteiger partial charge in [0.2, 0.25) is 0 Å². The number of rotatable bonds is 3. The Bertz CT molecular complexity index is 435. The summed E-state index contributed by atoms with van der Waals surface area (Å²) in [6.07, 6.45) is 0. The van der Waals surface area contributed by atoms with Crippen LogP contribution in [-0.2, 0) is 25.4 Å². The normalized spacial score (nSPS) is 19.2. The summed E-state index contributed by atoms with van der Waals surface area (Å²) in [4.78, 5) is 8.91. The molecule has 2 heterocycles. The average Bonchev–Trinajstić information content (AvgIpc) is 3.04. The van der Waals surface area contributed by atoms with Crippen LogP contribution in [-0.4, -0.2) is 35.3 Å². The minimum absolute atomic E-state index is 0.695. The van der Waals surface area contributed by atoms with Gasteiger partial charge in [0, 0.05) is 0 Å². The Hall–Kier alpha value is -1.22. The first-order valence-corrected chi connectivity index (χ1v) is 8.11. The fourth-order valence-electron chi connectivity index (χ4n) is 1.59. The third kappa shape index (κ3) is 2.25. The molecule has 0 amide bonds. The predicted octanol–water partition coefficient (Wildman–Crippen LogP) is 0.702. The van der Waals surface area contributed by atoms with Gasteiger partial charge in [-0.05, 0) is 0 Å². The van der Waals surface area contributed by atoms with Crippen LogP contribution >= 0.6 is 0 Å². The molecule has 1 aromatic rings. The van der Waals surface area contributed by atoms with E-state index in [-0.39, 0.29) is 0 Å². The standard InChI is InChI=1S/C6H5.2C3H4NO.Ru/c1-2-4-6-5-3-1;2*1-2-5-3-4-1;/h1-5H;2*1-2H2;. The van der Waals surface area contributed by atoms with E-state index in [9.17, 15) is 0 Å². The summed E-state index contributed by atoms with van der Waals surface area (Å²) in [5, 5.41) is 0. The van der Waals surface area contributed by atoms with Crippen LogP contribution in [0.3, 0.4) is 0 Å². The van der Waals surface area contributed by atoms with E-state index in [0.29, 0.717) is 13.2 Å². The van der Waals surface area contributed by atoms with Gasteiger partial charge in [0.25, 0.3) is 0 Å². The molecule has 2 aliphatic rings. The Balaban J connectivity index is 1.96. The van der Waals surface area contributed by atoms with Gasteiger partial charge >= 0.3 is 105 Å². The number of hydrogen-bond acceptors (Lipinski definition) is 4. The zero-order valence-corrected chi connectivity index (χ0v) is 11.0. The molecule has 2 aliphatic heterocycles. The Labute approximate surface area is 105 Å². The van der Waals surface area contributed by atoms with Crippen molar-refractivity contribution < 1.29 is 25.4 Å². The van der Waals surface area contributed by atoms with Crippen molar-refractivity contribution in [1.82, 2.24) is 0 Å². The fourth-order valence-corrected chi connectivity index (χ4v) is 5.47. The maximum absolute atomic E-state index is 5.63. The van der Waals surface area contributed by atoms with Crippen molar-refractivity contribution in [3.05, 3.63) is 30.3 Å². The second-order valence-corrected chi connectivity index (χ2v) is 7.29. The van der Waals surface area contributed by atoms with E-state index < -0.39 is 16.0 Å². The second-order valence-electron chi connectivity index (χ2n) is 3.49. The van der Waals surface area contributed by atoms with Crippen molar-refractivity contribution in [2.24, 2.45) is 9.98 Å². The zero-order chi connectivity index (χ0) is 11.5. The molecule has 0 unspecified atom stereocenters. The van der Waals surface area contributed by atoms with Crippen molar-refractivity contribution >= 4 is 13.1 Å². The topological polar surface area (TPSA) is 43.2 Å². The van der Waals surface area contributed by atoms with Gasteiger partial charge in [-0.1, -0.05) is 0 Å². The first-order chi connectivity index (χ1) is 8.45. The molecule has 0 N–H and O–H groups in total. The van der Waals surface area contributed by atoms with Crippen LogP contribution in [0.25, 0.3) is 0 Å². The molecule has 0 bridgehead atoms. The molecule has 91 valence electrons. The van der Waals surface area contributed by atoms with Crippen LogP contribution < -0.4 is 4.16 Å². The molecule has 0 saturated carbocycles. The zero-order valence-electron chi connectivity index (χ0n) is 9.28. The van der Waals surface area contributed by atoms with Crippen LogP contribution in [0.15, 0.2) is 40.3 Å². The molecule has 0 radical (unpaired) electrons. The van der Waals surface area contributed by atoms with Crippen LogP contribution in [0.1, 0.15) is 0 Å². The van der Waals surface area contributed by atoms with Crippen molar-refractivity contribution in [3.63, 3.8) is 0 Å². The molecule has 0 aliphatic carbocycles. The predicted molar refractivity (Wildman–Crippen MR) is 62.6 cm³/mol. The summed E-state index contributed by atoms with van der Waals surface area (Å²) < 4.78 is 14.3. The van der Waals surface area contributed by atoms with Gasteiger partial charge in [-0.15, -0.1) is 0 Å². The molecule has 0 saturated heterocycles. The third-order valence-electron chi connectivity index (χ3n) is 2.31. The minimum atomic E-state index is -1.69. The Morgan fingerprint density at radius 2 is 1.47 bits per heavy atom. The first-order valence-electron chi connectivity index (χ1n) is 5.51. The first kappa shape index (κ1) is 10.9. The Morgan fingerprint density at radius 3 is 1.94 bits per heavy atom. The van der Waals surface area contributed by atoms with E-state index in [1.165, 1.54) is 4.16 Å². The average molecular weight is 318 g/mol. The number of ether oxygens (including phenoxy) is 2. The Morgan fingerprint density at radius 1 is 0.882 bits per heavy atom. The fraction of sp³-hybridized carbons (Fsp3) is 0.333. The van der Waals surface area contributed by atoms with E-state index in [4.69, 9.17) is 9.47 Å². The van der Waals surface area contributed by atoms with E-state index in [1.54, 1.807) is 0 Å². The van der Waals surface area contributed by atoms with E-state index >= 15 is 0 Å². The quantitative estimate of drug-likeness (QED) is 0.770. The summed E-state index contributed by atoms with van der Waals surface area (Å²) in [6, 6.07) is 10.3. The monoisotopic (exact) mass is 319 g/mol. The van der Waals surface area contributed by atoms with Crippen molar-refractivity contribution in [3.8, 4) is 0 Å². The van der Waals surface area contributed by atoms with Gasteiger partial charge in [-0.2, -0.15) is 0 Å². The van der Waals surface area contributed by atoms with E-state index in [0.717, 1.165) is 22.1 Å². The summed E-state index contributed by atoms with van der Waals surface area (Å²) in [5.74, 6) is 0. The molecule has 5 heteroatoms. The molecule has 0 fully saturated rings. The molecule has 1 aromatic carbocycles. The Kier molecular flexibility index (Phi) is 3.19. The number of nitrogens with zero attached hydrogens (tertiary/aromatic N) is 2. The third-order valence-corrected chi connectivity index (χ3v) is 6.44. The van der Waals surface area contributed by atoms with Crippen molar-refractivity contribution in [2.45, 2.75) is 0 Å². The van der Waals surface area contributed by atoms with Crippen LogP contribution in [0.5, 0.6) is 0 Å². The molecule has 0 atom stereocenters. The van der Waals surface area contributed by atoms with Gasteiger partial charge in [0.05, 0.1) is 0 Å². The molecular weight excluding hydrogens is 305 g/mol. The number of aliphatic imine (C=N–C) groups is 2. The molecular formula is C12H13N2O2Ru. The molecule has 0 spiro atoms.